The number of ether oxygens (including phenoxy) is 1. The van der Waals surface area contributed by atoms with E-state index >= 15 is 0 Å². The fourth-order valence-electron chi connectivity index (χ4n) is 6.70. The van der Waals surface area contributed by atoms with Gasteiger partial charge in [0.2, 0.25) is 0 Å². The minimum Gasteiger partial charge on any atom is -0.459 e. The molecule has 0 heterocycles. The lowest BCUT2D eigenvalue weighted by Gasteiger charge is -2.50. The molecule has 0 N–H and O–H groups in total. The van der Waals surface area contributed by atoms with Gasteiger partial charge < -0.3 is 4.74 Å². The highest BCUT2D eigenvalue weighted by atomic mass is 16.6. The van der Waals surface area contributed by atoms with Crippen molar-refractivity contribution >= 4 is 5.97 Å². The Morgan fingerprint density at radius 3 is 1.94 bits per heavy atom. The van der Waals surface area contributed by atoms with Crippen molar-refractivity contribution in [1.29, 1.82) is 0 Å². The number of hydrogen-bond acceptors (Lipinski definition) is 2. The topological polar surface area (TPSA) is 26.3 Å². The Balaban J connectivity index is 1.49. The Hall–Kier alpha value is -0.790. The van der Waals surface area contributed by atoms with Crippen molar-refractivity contribution in [3.8, 4) is 0 Å². The van der Waals surface area contributed by atoms with Crippen LogP contribution >= 0.6 is 0 Å². The number of allylic oxidation sites excluding steroid dienone is 2. The second-order valence-corrected chi connectivity index (χ2v) is 12.8. The summed E-state index contributed by atoms with van der Waals surface area (Å²) in [5.41, 5.74) is 1.63. The second-order valence-electron chi connectivity index (χ2n) is 12.8. The maximum Gasteiger partial charge on any atom is 0.306 e. The molecule has 3 atom stereocenters. The molecule has 0 saturated heterocycles. The van der Waals surface area contributed by atoms with E-state index in [0.717, 1.165) is 18.8 Å². The molecular formula is C33H60O2. The van der Waals surface area contributed by atoms with Crippen LogP contribution in [0.15, 0.2) is 11.6 Å². The van der Waals surface area contributed by atoms with Crippen molar-refractivity contribution in [2.75, 3.05) is 0 Å². The van der Waals surface area contributed by atoms with Gasteiger partial charge in [0, 0.05) is 6.42 Å². The van der Waals surface area contributed by atoms with E-state index in [1.807, 2.05) is 0 Å². The van der Waals surface area contributed by atoms with Crippen LogP contribution in [0.2, 0.25) is 0 Å². The lowest BCUT2D eigenvalue weighted by molar-refractivity contribution is -0.164. The van der Waals surface area contributed by atoms with Gasteiger partial charge in [-0.15, -0.1) is 0 Å². The van der Waals surface area contributed by atoms with E-state index in [2.05, 4.69) is 40.7 Å². The molecule has 2 aliphatic rings. The largest absolute Gasteiger partial charge is 0.459 e. The van der Waals surface area contributed by atoms with Gasteiger partial charge in [0.05, 0.1) is 0 Å². The smallest absolute Gasteiger partial charge is 0.306 e. The van der Waals surface area contributed by atoms with Crippen molar-refractivity contribution in [2.45, 2.75) is 175 Å². The van der Waals surface area contributed by atoms with Crippen molar-refractivity contribution in [2.24, 2.45) is 17.3 Å². The summed E-state index contributed by atoms with van der Waals surface area (Å²) in [7, 11) is 0. The number of esters is 1. The zero-order valence-electron chi connectivity index (χ0n) is 24.4. The Labute approximate surface area is 219 Å². The van der Waals surface area contributed by atoms with E-state index in [-0.39, 0.29) is 11.6 Å². The van der Waals surface area contributed by atoms with Gasteiger partial charge in [-0.05, 0) is 69.6 Å². The van der Waals surface area contributed by atoms with Crippen LogP contribution in [0, 0.1) is 17.3 Å². The molecule has 0 aromatic heterocycles. The van der Waals surface area contributed by atoms with E-state index < -0.39 is 0 Å². The monoisotopic (exact) mass is 488 g/mol. The molecule has 2 rings (SSSR count). The Bertz CT molecular complexity index is 619. The van der Waals surface area contributed by atoms with E-state index in [0.29, 0.717) is 17.8 Å². The van der Waals surface area contributed by atoms with E-state index in [4.69, 9.17) is 4.74 Å². The molecular weight excluding hydrogens is 428 g/mol. The summed E-state index contributed by atoms with van der Waals surface area (Å²) < 4.78 is 6.10. The first-order chi connectivity index (χ1) is 16.8. The molecule has 1 fully saturated rings. The van der Waals surface area contributed by atoms with Crippen molar-refractivity contribution in [1.82, 2.24) is 0 Å². The molecule has 0 aromatic carbocycles. The van der Waals surface area contributed by atoms with Crippen LogP contribution in [0.1, 0.15) is 169 Å². The number of carbonyl (C=O) groups excluding carboxylic acids is 1. The molecule has 1 saturated carbocycles. The zero-order chi connectivity index (χ0) is 25.6. The molecule has 0 unspecified atom stereocenters. The average molecular weight is 489 g/mol. The van der Waals surface area contributed by atoms with Crippen LogP contribution in [0.5, 0.6) is 0 Å². The lowest BCUT2D eigenvalue weighted by Crippen LogP contribution is -2.45. The van der Waals surface area contributed by atoms with E-state index in [1.165, 1.54) is 116 Å². The van der Waals surface area contributed by atoms with E-state index in [9.17, 15) is 4.79 Å². The Morgan fingerprint density at radius 2 is 1.40 bits per heavy atom. The lowest BCUT2D eigenvalue weighted by atomic mass is 9.56. The summed E-state index contributed by atoms with van der Waals surface area (Å²) in [5, 5.41) is 0. The standard InChI is InChI=1S/C33H60O2/c1-6-7-8-9-10-11-12-13-14-15-16-17-18-19-20-24-31(34)35-32(3,4)30-26-25-29-23-21-22-28(2)33(29,5)27-30/h23,28,30H,6-22,24-27H2,1-5H3/t28-,30-,33+/m1/s1. The molecule has 0 bridgehead atoms. The fourth-order valence-corrected chi connectivity index (χ4v) is 6.70. The third-order valence-electron chi connectivity index (χ3n) is 9.59. The second kappa shape index (κ2) is 16.1. The molecule has 204 valence electrons. The third kappa shape index (κ3) is 10.6. The van der Waals surface area contributed by atoms with E-state index in [1.54, 1.807) is 5.57 Å². The Kier molecular flexibility index (Phi) is 14.0. The van der Waals surface area contributed by atoms with Crippen LogP contribution in [-0.2, 0) is 9.53 Å². The maximum atomic E-state index is 12.6. The predicted molar refractivity (Wildman–Crippen MR) is 152 cm³/mol. The maximum absolute atomic E-state index is 12.6. The van der Waals surface area contributed by atoms with Gasteiger partial charge in [-0.1, -0.05) is 122 Å². The first kappa shape index (κ1) is 30.4. The van der Waals surface area contributed by atoms with Crippen LogP contribution < -0.4 is 0 Å². The van der Waals surface area contributed by atoms with Gasteiger partial charge in [0.15, 0.2) is 0 Å². The molecule has 0 amide bonds. The quantitative estimate of drug-likeness (QED) is 0.109. The highest BCUT2D eigenvalue weighted by molar-refractivity contribution is 5.69. The summed E-state index contributed by atoms with van der Waals surface area (Å²) in [4.78, 5) is 12.6. The van der Waals surface area contributed by atoms with Gasteiger partial charge in [-0.2, -0.15) is 0 Å². The van der Waals surface area contributed by atoms with Crippen LogP contribution in [-0.4, -0.2) is 11.6 Å². The summed E-state index contributed by atoms with van der Waals surface area (Å²) in [6, 6.07) is 0. The van der Waals surface area contributed by atoms with Gasteiger partial charge in [-0.3, -0.25) is 4.79 Å². The molecule has 2 heteroatoms. The van der Waals surface area contributed by atoms with Crippen molar-refractivity contribution in [3.05, 3.63) is 11.6 Å². The number of hydrogen-bond donors (Lipinski definition) is 0. The molecule has 2 aliphatic carbocycles. The highest BCUT2D eigenvalue weighted by Crippen LogP contribution is 2.54. The van der Waals surface area contributed by atoms with Crippen molar-refractivity contribution < 1.29 is 9.53 Å². The Morgan fingerprint density at radius 1 is 0.886 bits per heavy atom. The zero-order valence-corrected chi connectivity index (χ0v) is 24.4. The number of carbonyl (C=O) groups is 1. The average Bonchev–Trinajstić information content (AvgIpc) is 2.81. The van der Waals surface area contributed by atoms with Gasteiger partial charge >= 0.3 is 5.97 Å². The fraction of sp³-hybridized carbons (Fsp3) is 0.909. The number of fused-ring (bicyclic) bond motifs is 1. The minimum absolute atomic E-state index is 0.0212. The van der Waals surface area contributed by atoms with Crippen LogP contribution in [0.3, 0.4) is 0 Å². The van der Waals surface area contributed by atoms with Crippen LogP contribution in [0.4, 0.5) is 0 Å². The first-order valence-corrected chi connectivity index (χ1v) is 15.7. The summed E-state index contributed by atoms with van der Waals surface area (Å²) in [5.74, 6) is 1.22. The number of unbranched alkanes of at least 4 members (excludes halogenated alkanes) is 14. The highest BCUT2D eigenvalue weighted by Gasteiger charge is 2.46. The van der Waals surface area contributed by atoms with Gasteiger partial charge in [0.25, 0.3) is 0 Å². The molecule has 0 aliphatic heterocycles. The SMILES string of the molecule is CCCCCCCCCCCCCCCCCC(=O)OC(C)(C)[C@@H]1CCC2=CCC[C@@H](C)[C@]2(C)C1. The molecule has 0 spiro atoms. The molecule has 0 aromatic rings. The van der Waals surface area contributed by atoms with Crippen molar-refractivity contribution in [3.63, 3.8) is 0 Å². The summed E-state index contributed by atoms with van der Waals surface area (Å²) in [6.45, 7) is 11.5. The van der Waals surface area contributed by atoms with Crippen LogP contribution in [0.25, 0.3) is 0 Å². The molecule has 35 heavy (non-hydrogen) atoms. The summed E-state index contributed by atoms with van der Waals surface area (Å²) >= 11 is 0. The molecule has 2 nitrogen and oxygen atoms in total. The van der Waals surface area contributed by atoms with Gasteiger partial charge in [-0.25, -0.2) is 0 Å². The number of rotatable bonds is 18. The first-order valence-electron chi connectivity index (χ1n) is 15.7. The minimum atomic E-state index is -0.349. The summed E-state index contributed by atoms with van der Waals surface area (Å²) in [6.07, 6.45) is 29.4. The normalized spacial score (nSPS) is 24.7. The van der Waals surface area contributed by atoms with Gasteiger partial charge in [0.1, 0.15) is 5.60 Å². The molecule has 0 radical (unpaired) electrons. The third-order valence-corrected chi connectivity index (χ3v) is 9.59. The predicted octanol–water partition coefficient (Wildman–Crippen LogP) is 10.7.